The smallest absolute Gasteiger partial charge is 0.332 e. The summed E-state index contributed by atoms with van der Waals surface area (Å²) in [5.74, 6) is -0.390. The molecule has 0 N–H and O–H groups in total. The number of ether oxygens (including phenoxy) is 6. The second-order valence-corrected chi connectivity index (χ2v) is 15.1. The van der Waals surface area contributed by atoms with Crippen LogP contribution < -0.4 is 11.2 Å². The largest absolute Gasteiger partial charge is 0.376 e. The van der Waals surface area contributed by atoms with Crippen molar-refractivity contribution >= 4 is 12.3 Å². The van der Waals surface area contributed by atoms with E-state index in [1.165, 1.54) is 15.7 Å². The van der Waals surface area contributed by atoms with Gasteiger partial charge in [-0.05, 0) is 42.0 Å². The summed E-state index contributed by atoms with van der Waals surface area (Å²) in [6.07, 6.45) is 2.06. The minimum absolute atomic E-state index is 0.0214. The molecule has 0 saturated carbocycles. The van der Waals surface area contributed by atoms with Gasteiger partial charge in [0.05, 0.1) is 71.6 Å². The number of aryl methyl sites for hydroxylation is 2. The highest BCUT2D eigenvalue weighted by Crippen LogP contribution is 2.11. The van der Waals surface area contributed by atoms with E-state index in [0.717, 1.165) is 27.5 Å². The van der Waals surface area contributed by atoms with Crippen LogP contribution in [0.1, 0.15) is 42.0 Å². The highest BCUT2D eigenvalue weighted by Gasteiger charge is 2.23. The highest BCUT2D eigenvalue weighted by molar-refractivity contribution is 5.74. The van der Waals surface area contributed by atoms with E-state index in [2.05, 4.69) is 10.0 Å². The van der Waals surface area contributed by atoms with E-state index >= 15 is 0 Å². The molecule has 2 amide bonds. The van der Waals surface area contributed by atoms with E-state index in [9.17, 15) is 19.2 Å². The summed E-state index contributed by atoms with van der Waals surface area (Å²) in [7, 11) is 1.66. The summed E-state index contributed by atoms with van der Waals surface area (Å²) in [5.41, 5.74) is 11.4. The molecule has 1 aromatic heterocycles. The van der Waals surface area contributed by atoms with Crippen molar-refractivity contribution in [3.63, 3.8) is 0 Å². The summed E-state index contributed by atoms with van der Waals surface area (Å²) in [6.45, 7) is 6.11. The van der Waals surface area contributed by atoms with Crippen molar-refractivity contribution in [2.45, 2.75) is 72.0 Å². The fourth-order valence-electron chi connectivity index (χ4n) is 6.41. The van der Waals surface area contributed by atoms with Crippen LogP contribution in [0, 0.1) is 12.8 Å². The molecule has 3 aromatic carbocycles. The Morgan fingerprint density at radius 1 is 0.794 bits per heavy atom. The minimum Gasteiger partial charge on any atom is -0.376 e. The number of hydrogen-bond acceptors (Lipinski definition) is 11. The average Bonchev–Trinajstić information content (AvgIpc) is 3.31. The van der Waals surface area contributed by atoms with E-state index < -0.39 is 29.4 Å². The Hall–Kier alpha value is -5.65. The van der Waals surface area contributed by atoms with Crippen LogP contribution in [0.5, 0.6) is 0 Å². The first-order valence-electron chi connectivity index (χ1n) is 21.1. The molecule has 0 aliphatic rings. The number of carbonyl (C=O) groups is 2. The van der Waals surface area contributed by atoms with Crippen molar-refractivity contribution in [3.05, 3.63) is 151 Å². The lowest BCUT2D eigenvalue weighted by Crippen LogP contribution is -2.45. The molecule has 1 unspecified atom stereocenters. The monoisotopic (exact) mass is 871 g/mol. The molecule has 0 aliphatic carbocycles. The number of urea groups is 1. The van der Waals surface area contributed by atoms with Crippen LogP contribution in [0.4, 0.5) is 4.79 Å². The molecule has 4 aromatic rings. The SMILES string of the molecule is Cc1cn(CC[C@@H](CN=[N+]=[N-])OCCOC[C@H](CCN(CC(C)C=O)C(=O)N(C)COCc2ccccc2)OCCOCc2ccccc2)c(=O)n(COCc2ccccc2)c1=O. The molecular weight excluding hydrogens is 811 g/mol. The number of amides is 2. The fourth-order valence-corrected chi connectivity index (χ4v) is 6.41. The Kier molecular flexibility index (Phi) is 22.9. The van der Waals surface area contributed by atoms with E-state index in [0.29, 0.717) is 38.2 Å². The zero-order valence-electron chi connectivity index (χ0n) is 36.6. The van der Waals surface area contributed by atoms with Crippen molar-refractivity contribution in [1.29, 1.82) is 0 Å². The molecule has 3 atom stereocenters. The van der Waals surface area contributed by atoms with E-state index in [1.54, 1.807) is 25.8 Å². The summed E-state index contributed by atoms with van der Waals surface area (Å²) >= 11 is 0. The molecule has 1 heterocycles. The lowest BCUT2D eigenvalue weighted by molar-refractivity contribution is -0.111. The zero-order valence-corrected chi connectivity index (χ0v) is 36.6. The van der Waals surface area contributed by atoms with E-state index in [-0.39, 0.29) is 78.7 Å². The van der Waals surface area contributed by atoms with Crippen LogP contribution >= 0.6 is 0 Å². The van der Waals surface area contributed by atoms with Crippen molar-refractivity contribution in [2.24, 2.45) is 11.0 Å². The van der Waals surface area contributed by atoms with Crippen molar-refractivity contribution in [2.75, 3.05) is 66.4 Å². The van der Waals surface area contributed by atoms with Gasteiger partial charge in [0.15, 0.2) is 0 Å². The molecule has 17 heteroatoms. The Bertz CT molecular complexity index is 2080. The standard InChI is InChI=1S/C46H61N7O10/c1-37(30-54)28-51(45(56)50(3)35-60-32-40-15-9-5-10-16-40)22-20-43(63-26-23-58-31-39-13-7-4-8-14-39)34-59-24-25-62-42(27-48-49-47)19-21-52-29-38(2)44(55)53(46(52)57)36-61-33-41-17-11-6-12-18-41/h4-18,29-30,37,42-43H,19-28,31-36H2,1-3H3/t37?,42-,43-/m0/s1. The topological polar surface area (TPSA) is 189 Å². The first kappa shape index (κ1) is 50.0. The molecule has 63 heavy (non-hydrogen) atoms. The van der Waals surface area contributed by atoms with Gasteiger partial charge >= 0.3 is 11.7 Å². The summed E-state index contributed by atoms with van der Waals surface area (Å²) < 4.78 is 38.1. The maximum absolute atomic E-state index is 13.6. The molecule has 340 valence electrons. The van der Waals surface area contributed by atoms with Gasteiger partial charge in [0.25, 0.3) is 5.56 Å². The maximum Gasteiger partial charge on any atom is 0.332 e. The minimum atomic E-state index is -0.548. The number of carbonyl (C=O) groups excluding carboxylic acids is 2. The maximum atomic E-state index is 13.6. The number of rotatable bonds is 31. The second kappa shape index (κ2) is 28.9. The molecule has 0 fully saturated rings. The van der Waals surface area contributed by atoms with Gasteiger partial charge in [-0.1, -0.05) is 103 Å². The van der Waals surface area contributed by atoms with Gasteiger partial charge in [0.1, 0.15) is 19.7 Å². The number of aromatic nitrogens is 2. The van der Waals surface area contributed by atoms with Gasteiger partial charge in [0.2, 0.25) is 0 Å². The van der Waals surface area contributed by atoms with Crippen LogP contribution in [0.2, 0.25) is 0 Å². The second-order valence-electron chi connectivity index (χ2n) is 15.1. The zero-order chi connectivity index (χ0) is 45.1. The Balaban J connectivity index is 1.31. The third-order valence-electron chi connectivity index (χ3n) is 9.81. The Morgan fingerprint density at radius 2 is 1.37 bits per heavy atom. The summed E-state index contributed by atoms with van der Waals surface area (Å²) in [4.78, 5) is 57.4. The Labute approximate surface area is 368 Å². The molecule has 4 rings (SSSR count). The lowest BCUT2D eigenvalue weighted by Gasteiger charge is -2.30. The normalized spacial score (nSPS) is 12.6. The first-order valence-corrected chi connectivity index (χ1v) is 21.1. The number of aldehydes is 1. The summed E-state index contributed by atoms with van der Waals surface area (Å²) in [5, 5.41) is 3.70. The van der Waals surface area contributed by atoms with Crippen LogP contribution in [-0.2, 0) is 66.3 Å². The first-order chi connectivity index (χ1) is 30.7. The van der Waals surface area contributed by atoms with Crippen molar-refractivity contribution < 1.29 is 38.0 Å². The van der Waals surface area contributed by atoms with Gasteiger partial charge in [0, 0.05) is 49.3 Å². The predicted molar refractivity (Wildman–Crippen MR) is 237 cm³/mol. The number of azide groups is 1. The molecule has 0 aliphatic heterocycles. The van der Waals surface area contributed by atoms with Crippen LogP contribution in [0.15, 0.2) is 112 Å². The average molecular weight is 872 g/mol. The Morgan fingerprint density at radius 3 is 1.97 bits per heavy atom. The molecule has 0 bridgehead atoms. The number of nitrogens with zero attached hydrogens (tertiary/aromatic N) is 7. The van der Waals surface area contributed by atoms with E-state index in [1.807, 2.05) is 91.0 Å². The van der Waals surface area contributed by atoms with Crippen LogP contribution in [0.25, 0.3) is 10.4 Å². The van der Waals surface area contributed by atoms with E-state index in [4.69, 9.17) is 34.0 Å². The molecule has 0 spiro atoms. The highest BCUT2D eigenvalue weighted by atomic mass is 16.6. The van der Waals surface area contributed by atoms with Gasteiger partial charge < -0.3 is 43.0 Å². The molecule has 0 saturated heterocycles. The quantitative estimate of drug-likeness (QED) is 0.0146. The van der Waals surface area contributed by atoms with Crippen molar-refractivity contribution in [1.82, 2.24) is 18.9 Å². The molecular formula is C46H61N7O10. The van der Waals surface area contributed by atoms with Gasteiger partial charge in [-0.2, -0.15) is 0 Å². The van der Waals surface area contributed by atoms with Crippen LogP contribution in [0.3, 0.4) is 0 Å². The molecule has 0 radical (unpaired) electrons. The summed E-state index contributed by atoms with van der Waals surface area (Å²) in [6, 6.07) is 28.7. The third kappa shape index (κ3) is 18.7. The van der Waals surface area contributed by atoms with Gasteiger partial charge in [-0.3, -0.25) is 9.36 Å². The lowest BCUT2D eigenvalue weighted by atomic mass is 10.2. The van der Waals surface area contributed by atoms with Crippen LogP contribution in [-0.4, -0.2) is 110 Å². The van der Waals surface area contributed by atoms with Gasteiger partial charge in [-0.15, -0.1) is 0 Å². The number of hydrogen-bond donors (Lipinski definition) is 0. The number of benzene rings is 3. The molecule has 17 nitrogen and oxygen atoms in total. The van der Waals surface area contributed by atoms with Crippen molar-refractivity contribution in [3.8, 4) is 0 Å². The fraction of sp³-hybridized carbons (Fsp3) is 0.478. The van der Waals surface area contributed by atoms with Gasteiger partial charge in [-0.25, -0.2) is 14.2 Å². The third-order valence-corrected chi connectivity index (χ3v) is 9.81. The predicted octanol–water partition coefficient (Wildman–Crippen LogP) is 5.95.